The van der Waals surface area contributed by atoms with E-state index < -0.39 is 5.91 Å². The third kappa shape index (κ3) is 6.62. The molecule has 0 bridgehead atoms. The Balaban J connectivity index is 1.42. The Bertz CT molecular complexity index is 1370. The van der Waals surface area contributed by atoms with E-state index in [1.807, 2.05) is 48.7 Å². The van der Waals surface area contributed by atoms with Crippen LogP contribution in [0, 0.1) is 6.92 Å². The molecule has 0 saturated carbocycles. The molecule has 0 radical (unpaired) electrons. The number of benzene rings is 2. The van der Waals surface area contributed by atoms with Crippen LogP contribution in [0.15, 0.2) is 66.9 Å². The molecule has 0 unspecified atom stereocenters. The van der Waals surface area contributed by atoms with Crippen LogP contribution in [0.4, 0.5) is 0 Å². The number of aliphatic hydroxyl groups is 1. The zero-order valence-corrected chi connectivity index (χ0v) is 20.5. The molecule has 0 aliphatic carbocycles. The van der Waals surface area contributed by atoms with Crippen LogP contribution in [0.2, 0.25) is 0 Å². The first-order valence-electron chi connectivity index (χ1n) is 12.0. The standard InChI is InChI=1S/C29H28N4O4/c1-19-28(36)27(29(37)30-13-15-35)33-26(32-19)17-22-6-9-24(10-7-22)25-11-8-23(18-31-25)16-21-4-2-20(3-5-21)12-14-34/h2-11,15,18,34,36H,12-14,16-17H2,1H3,(H,30,37). The summed E-state index contributed by atoms with van der Waals surface area (Å²) in [5.74, 6) is -0.526. The molecule has 0 atom stereocenters. The molecule has 3 N–H and O–H groups in total. The summed E-state index contributed by atoms with van der Waals surface area (Å²) in [6, 6.07) is 20.2. The average Bonchev–Trinajstić information content (AvgIpc) is 2.91. The molecule has 1 amide bonds. The Kier molecular flexibility index (Phi) is 8.33. The van der Waals surface area contributed by atoms with Crippen molar-refractivity contribution in [2.45, 2.75) is 26.2 Å². The molecule has 2 heterocycles. The third-order valence-corrected chi connectivity index (χ3v) is 5.93. The van der Waals surface area contributed by atoms with Crippen molar-refractivity contribution in [1.29, 1.82) is 0 Å². The predicted molar refractivity (Wildman–Crippen MR) is 139 cm³/mol. The van der Waals surface area contributed by atoms with E-state index in [-0.39, 0.29) is 24.6 Å². The number of carbonyl (C=O) groups is 2. The first-order valence-corrected chi connectivity index (χ1v) is 12.0. The fourth-order valence-corrected chi connectivity index (χ4v) is 3.94. The van der Waals surface area contributed by atoms with Gasteiger partial charge < -0.3 is 20.3 Å². The van der Waals surface area contributed by atoms with Crippen LogP contribution in [0.3, 0.4) is 0 Å². The van der Waals surface area contributed by atoms with Crippen LogP contribution in [0.25, 0.3) is 11.3 Å². The Morgan fingerprint density at radius 2 is 1.54 bits per heavy atom. The van der Waals surface area contributed by atoms with Gasteiger partial charge in [0.25, 0.3) is 5.91 Å². The lowest BCUT2D eigenvalue weighted by Gasteiger charge is -2.09. The molecule has 2 aromatic carbocycles. The normalized spacial score (nSPS) is 10.8. The van der Waals surface area contributed by atoms with Gasteiger partial charge >= 0.3 is 0 Å². The summed E-state index contributed by atoms with van der Waals surface area (Å²) in [5.41, 5.74) is 6.35. The second-order valence-corrected chi connectivity index (χ2v) is 8.69. The van der Waals surface area contributed by atoms with Gasteiger partial charge in [-0.25, -0.2) is 9.97 Å². The van der Waals surface area contributed by atoms with Gasteiger partial charge in [0.1, 0.15) is 12.1 Å². The molecular formula is C29H28N4O4. The van der Waals surface area contributed by atoms with E-state index >= 15 is 0 Å². The molecule has 8 nitrogen and oxygen atoms in total. The number of aldehydes is 1. The largest absolute Gasteiger partial charge is 0.504 e. The maximum atomic E-state index is 12.2. The fraction of sp³-hybridized carbons (Fsp3) is 0.207. The molecule has 4 aromatic rings. The van der Waals surface area contributed by atoms with Crippen LogP contribution in [0.5, 0.6) is 5.75 Å². The van der Waals surface area contributed by atoms with Gasteiger partial charge in [-0.1, -0.05) is 54.6 Å². The molecule has 0 saturated heterocycles. The van der Waals surface area contributed by atoms with Crippen molar-refractivity contribution in [2.24, 2.45) is 0 Å². The number of aromatic hydroxyl groups is 1. The van der Waals surface area contributed by atoms with Crippen LogP contribution >= 0.6 is 0 Å². The Hall–Kier alpha value is -4.43. The lowest BCUT2D eigenvalue weighted by Crippen LogP contribution is -2.27. The Morgan fingerprint density at radius 3 is 2.19 bits per heavy atom. The van der Waals surface area contributed by atoms with E-state index in [9.17, 15) is 14.7 Å². The van der Waals surface area contributed by atoms with Crippen LogP contribution in [-0.2, 0) is 24.1 Å². The minimum absolute atomic E-state index is 0.147. The topological polar surface area (TPSA) is 125 Å². The number of rotatable bonds is 10. The predicted octanol–water partition coefficient (Wildman–Crippen LogP) is 3.20. The molecule has 2 aromatic heterocycles. The number of carbonyl (C=O) groups excluding carboxylic acids is 2. The summed E-state index contributed by atoms with van der Waals surface area (Å²) < 4.78 is 0. The van der Waals surface area contributed by atoms with E-state index in [1.54, 1.807) is 6.92 Å². The highest BCUT2D eigenvalue weighted by molar-refractivity contribution is 5.95. The highest BCUT2D eigenvalue weighted by Crippen LogP contribution is 2.22. The van der Waals surface area contributed by atoms with Crippen molar-refractivity contribution >= 4 is 12.2 Å². The summed E-state index contributed by atoms with van der Waals surface area (Å²) in [7, 11) is 0. The zero-order valence-electron chi connectivity index (χ0n) is 20.5. The maximum absolute atomic E-state index is 12.2. The van der Waals surface area contributed by atoms with Crippen LogP contribution in [0.1, 0.15) is 44.3 Å². The lowest BCUT2D eigenvalue weighted by atomic mass is 10.0. The SMILES string of the molecule is Cc1nc(Cc2ccc(-c3ccc(Cc4ccc(CCO)cc4)cn3)cc2)nc(C(=O)NCC=O)c1O. The summed E-state index contributed by atoms with van der Waals surface area (Å²) in [4.78, 5) is 35.9. The van der Waals surface area contributed by atoms with Gasteiger partial charge in [0.2, 0.25) is 0 Å². The van der Waals surface area contributed by atoms with Gasteiger partial charge in [0, 0.05) is 24.8 Å². The smallest absolute Gasteiger partial charge is 0.274 e. The van der Waals surface area contributed by atoms with Gasteiger partial charge in [-0.05, 0) is 48.1 Å². The molecule has 0 aliphatic rings. The monoisotopic (exact) mass is 496 g/mol. The minimum Gasteiger partial charge on any atom is -0.504 e. The first kappa shape index (κ1) is 25.7. The molecule has 8 heteroatoms. The van der Waals surface area contributed by atoms with E-state index in [1.165, 1.54) is 5.56 Å². The third-order valence-electron chi connectivity index (χ3n) is 5.93. The minimum atomic E-state index is -0.625. The van der Waals surface area contributed by atoms with Gasteiger partial charge in [-0.3, -0.25) is 9.78 Å². The van der Waals surface area contributed by atoms with Gasteiger partial charge in [0.15, 0.2) is 11.4 Å². The van der Waals surface area contributed by atoms with E-state index in [4.69, 9.17) is 5.11 Å². The number of pyridine rings is 1. The number of amides is 1. The van der Waals surface area contributed by atoms with Crippen molar-refractivity contribution in [2.75, 3.05) is 13.2 Å². The number of hydrogen-bond donors (Lipinski definition) is 3. The van der Waals surface area contributed by atoms with Gasteiger partial charge in [-0.15, -0.1) is 0 Å². The molecule has 188 valence electrons. The van der Waals surface area contributed by atoms with E-state index in [2.05, 4.69) is 38.5 Å². The number of aromatic nitrogens is 3. The van der Waals surface area contributed by atoms with Crippen LogP contribution < -0.4 is 5.32 Å². The molecule has 4 rings (SSSR count). The molecule has 0 spiro atoms. The van der Waals surface area contributed by atoms with Crippen molar-refractivity contribution in [3.8, 4) is 17.0 Å². The van der Waals surface area contributed by atoms with Crippen molar-refractivity contribution in [3.05, 3.63) is 106 Å². The van der Waals surface area contributed by atoms with Crippen LogP contribution in [-0.4, -0.2) is 50.5 Å². The first-order chi connectivity index (χ1) is 18.0. The molecule has 37 heavy (non-hydrogen) atoms. The molecule has 0 aliphatic heterocycles. The quantitative estimate of drug-likeness (QED) is 0.288. The van der Waals surface area contributed by atoms with Crippen molar-refractivity contribution in [1.82, 2.24) is 20.3 Å². The summed E-state index contributed by atoms with van der Waals surface area (Å²) in [6.07, 6.45) is 4.27. The summed E-state index contributed by atoms with van der Waals surface area (Å²) in [5, 5.41) is 21.6. The van der Waals surface area contributed by atoms with Gasteiger partial charge in [0.05, 0.1) is 17.9 Å². The Morgan fingerprint density at radius 1 is 0.892 bits per heavy atom. The van der Waals surface area contributed by atoms with E-state index in [0.717, 1.165) is 34.4 Å². The average molecular weight is 497 g/mol. The van der Waals surface area contributed by atoms with Crippen molar-refractivity contribution in [3.63, 3.8) is 0 Å². The Labute approximate surface area is 215 Å². The number of aryl methyl sites for hydroxylation is 1. The summed E-state index contributed by atoms with van der Waals surface area (Å²) in [6.45, 7) is 1.59. The summed E-state index contributed by atoms with van der Waals surface area (Å²) >= 11 is 0. The zero-order chi connectivity index (χ0) is 26.2. The van der Waals surface area contributed by atoms with Crippen molar-refractivity contribution < 1.29 is 19.8 Å². The maximum Gasteiger partial charge on any atom is 0.274 e. The number of aliphatic hydroxyl groups excluding tert-OH is 1. The second kappa shape index (κ2) is 12.0. The lowest BCUT2D eigenvalue weighted by molar-refractivity contribution is -0.107. The second-order valence-electron chi connectivity index (χ2n) is 8.69. The number of nitrogens with zero attached hydrogens (tertiary/aromatic N) is 3. The number of nitrogens with one attached hydrogen (secondary N) is 1. The molecular weight excluding hydrogens is 468 g/mol. The van der Waals surface area contributed by atoms with E-state index in [0.29, 0.717) is 30.6 Å². The highest BCUT2D eigenvalue weighted by Gasteiger charge is 2.17. The fourth-order valence-electron chi connectivity index (χ4n) is 3.94. The molecule has 0 fully saturated rings. The number of hydrogen-bond acceptors (Lipinski definition) is 7. The highest BCUT2D eigenvalue weighted by atomic mass is 16.3. The van der Waals surface area contributed by atoms with Gasteiger partial charge in [-0.2, -0.15) is 0 Å².